The monoisotopic (exact) mass is 286 g/mol. The van der Waals surface area contributed by atoms with Gasteiger partial charge in [-0.25, -0.2) is 0 Å². The summed E-state index contributed by atoms with van der Waals surface area (Å²) in [4.78, 5) is 11.8. The molecule has 1 aliphatic heterocycles. The first-order chi connectivity index (χ1) is 8.68. The zero-order valence-electron chi connectivity index (χ0n) is 10.0. The van der Waals surface area contributed by atoms with Crippen LogP contribution in [0.4, 0.5) is 0 Å². The van der Waals surface area contributed by atoms with Gasteiger partial charge in [0.2, 0.25) is 5.91 Å². The first kappa shape index (κ1) is 13.7. The summed E-state index contributed by atoms with van der Waals surface area (Å²) >= 11 is 12.2. The van der Waals surface area contributed by atoms with Gasteiger partial charge in [-0.1, -0.05) is 29.3 Å². The van der Waals surface area contributed by atoms with Crippen molar-refractivity contribution in [1.82, 2.24) is 10.6 Å². The van der Waals surface area contributed by atoms with Crippen molar-refractivity contribution in [2.75, 3.05) is 6.54 Å². The summed E-state index contributed by atoms with van der Waals surface area (Å²) in [5.41, 5.74) is 0.845. The Hall–Kier alpha value is -0.770. The Bertz CT molecular complexity index is 417. The minimum absolute atomic E-state index is 0.0654. The van der Waals surface area contributed by atoms with Crippen LogP contribution in [0.1, 0.15) is 24.8 Å². The fourth-order valence-electron chi connectivity index (χ4n) is 2.06. The molecule has 1 saturated heterocycles. The molecule has 1 unspecified atom stereocenters. The van der Waals surface area contributed by atoms with Crippen LogP contribution in [0.3, 0.4) is 0 Å². The summed E-state index contributed by atoms with van der Waals surface area (Å²) in [6, 6.07) is 5.27. The minimum Gasteiger partial charge on any atom is -0.355 e. The van der Waals surface area contributed by atoms with Gasteiger partial charge < -0.3 is 10.6 Å². The predicted molar refractivity (Wildman–Crippen MR) is 74.0 cm³/mol. The van der Waals surface area contributed by atoms with Crippen molar-refractivity contribution >= 4 is 29.1 Å². The summed E-state index contributed by atoms with van der Waals surface area (Å²) in [7, 11) is 0. The highest BCUT2D eigenvalue weighted by Crippen LogP contribution is 2.24. The number of halogens is 2. The van der Waals surface area contributed by atoms with Crippen molar-refractivity contribution in [2.24, 2.45) is 0 Å². The Morgan fingerprint density at radius 1 is 1.28 bits per heavy atom. The third-order valence-electron chi connectivity index (χ3n) is 3.12. The van der Waals surface area contributed by atoms with Crippen LogP contribution in [0, 0.1) is 0 Å². The largest absolute Gasteiger partial charge is 0.355 e. The van der Waals surface area contributed by atoms with Gasteiger partial charge in [0.1, 0.15) is 0 Å². The highest BCUT2D eigenvalue weighted by Gasteiger charge is 2.20. The molecule has 1 aromatic carbocycles. The van der Waals surface area contributed by atoms with Crippen molar-refractivity contribution in [1.29, 1.82) is 0 Å². The highest BCUT2D eigenvalue weighted by atomic mass is 35.5. The van der Waals surface area contributed by atoms with Crippen LogP contribution >= 0.6 is 23.2 Å². The molecular formula is C13H16Cl2N2O. The lowest BCUT2D eigenvalue weighted by molar-refractivity contribution is -0.122. The molecule has 18 heavy (non-hydrogen) atoms. The lowest BCUT2D eigenvalue weighted by Gasteiger charge is -2.16. The Morgan fingerprint density at radius 3 is 2.72 bits per heavy atom. The Morgan fingerprint density at radius 2 is 2.00 bits per heavy atom. The average molecular weight is 287 g/mol. The maximum Gasteiger partial charge on any atom is 0.237 e. The van der Waals surface area contributed by atoms with Crippen LogP contribution in [-0.2, 0) is 11.3 Å². The smallest absolute Gasteiger partial charge is 0.237 e. The van der Waals surface area contributed by atoms with E-state index in [1.807, 2.05) is 6.07 Å². The number of nitrogens with one attached hydrogen (secondary N) is 2. The van der Waals surface area contributed by atoms with Crippen molar-refractivity contribution in [3.8, 4) is 0 Å². The second-order valence-corrected chi connectivity index (χ2v) is 5.23. The van der Waals surface area contributed by atoms with Gasteiger partial charge in [0, 0.05) is 28.7 Å². The van der Waals surface area contributed by atoms with E-state index in [1.54, 1.807) is 12.1 Å². The number of hydrogen-bond donors (Lipinski definition) is 2. The first-order valence-corrected chi connectivity index (χ1v) is 6.88. The molecular weight excluding hydrogens is 271 g/mol. The summed E-state index contributed by atoms with van der Waals surface area (Å²) in [6.07, 6.45) is 2.94. The maximum atomic E-state index is 11.8. The lowest BCUT2D eigenvalue weighted by atomic mass is 10.1. The molecule has 1 atom stereocenters. The molecule has 1 amide bonds. The normalized spacial score (nSPS) is 20.3. The van der Waals surface area contributed by atoms with E-state index >= 15 is 0 Å². The summed E-state index contributed by atoms with van der Waals surface area (Å²) in [6.45, 7) is 1.28. The fraction of sp³-hybridized carbons (Fsp3) is 0.462. The Labute approximate surface area is 117 Å². The quantitative estimate of drug-likeness (QED) is 0.897. The van der Waals surface area contributed by atoms with E-state index in [2.05, 4.69) is 10.6 Å². The average Bonchev–Trinajstić information content (AvgIpc) is 2.54. The third-order valence-corrected chi connectivity index (χ3v) is 3.83. The summed E-state index contributed by atoms with van der Waals surface area (Å²) in [5.74, 6) is 0.0654. The number of benzene rings is 1. The van der Waals surface area contributed by atoms with Crippen molar-refractivity contribution < 1.29 is 4.79 Å². The van der Waals surface area contributed by atoms with Crippen LogP contribution in [0.15, 0.2) is 18.2 Å². The van der Waals surface area contributed by atoms with Crippen LogP contribution in [-0.4, -0.2) is 18.5 Å². The number of rotatable bonds is 3. The van der Waals surface area contributed by atoms with Crippen molar-refractivity contribution in [3.05, 3.63) is 33.8 Å². The minimum atomic E-state index is -0.153. The molecule has 0 bridgehead atoms. The van der Waals surface area contributed by atoms with Gasteiger partial charge in [-0.15, -0.1) is 0 Å². The predicted octanol–water partition coefficient (Wildman–Crippen LogP) is 2.75. The molecule has 2 rings (SSSR count). The van der Waals surface area contributed by atoms with Crippen LogP contribution in [0.2, 0.25) is 10.0 Å². The van der Waals surface area contributed by atoms with Crippen molar-refractivity contribution in [2.45, 2.75) is 31.8 Å². The van der Waals surface area contributed by atoms with Gasteiger partial charge in [0.05, 0.1) is 6.04 Å². The molecule has 0 aromatic heterocycles. The molecule has 0 radical (unpaired) electrons. The first-order valence-electron chi connectivity index (χ1n) is 6.12. The van der Waals surface area contributed by atoms with E-state index in [9.17, 15) is 4.79 Å². The van der Waals surface area contributed by atoms with E-state index in [1.165, 1.54) is 0 Å². The van der Waals surface area contributed by atoms with Gasteiger partial charge in [0.15, 0.2) is 0 Å². The number of hydrogen-bond acceptors (Lipinski definition) is 2. The second kappa shape index (κ2) is 6.41. The van der Waals surface area contributed by atoms with Gasteiger partial charge in [-0.05, 0) is 31.4 Å². The highest BCUT2D eigenvalue weighted by molar-refractivity contribution is 6.35. The summed E-state index contributed by atoms with van der Waals surface area (Å²) < 4.78 is 0. The number of carbonyl (C=O) groups is 1. The number of amides is 1. The standard InChI is InChI=1S/C13H16Cl2N2O/c14-10-4-3-5-11(15)9(10)8-17-12-6-1-2-7-16-13(12)18/h3-5,12,17H,1-2,6-8H2,(H,16,18). The van der Waals surface area contributed by atoms with E-state index in [-0.39, 0.29) is 11.9 Å². The second-order valence-electron chi connectivity index (χ2n) is 4.42. The van der Waals surface area contributed by atoms with E-state index < -0.39 is 0 Å². The van der Waals surface area contributed by atoms with E-state index in [0.29, 0.717) is 16.6 Å². The fourth-order valence-corrected chi connectivity index (χ4v) is 2.59. The van der Waals surface area contributed by atoms with E-state index in [0.717, 1.165) is 31.4 Å². The number of carbonyl (C=O) groups excluding carboxylic acids is 1. The van der Waals surface area contributed by atoms with E-state index in [4.69, 9.17) is 23.2 Å². The summed E-state index contributed by atoms with van der Waals surface area (Å²) in [5, 5.41) is 7.38. The molecule has 2 N–H and O–H groups in total. The maximum absolute atomic E-state index is 11.8. The van der Waals surface area contributed by atoms with Crippen molar-refractivity contribution in [3.63, 3.8) is 0 Å². The zero-order chi connectivity index (χ0) is 13.0. The molecule has 0 saturated carbocycles. The zero-order valence-corrected chi connectivity index (χ0v) is 11.5. The van der Waals surface area contributed by atoms with Gasteiger partial charge in [-0.2, -0.15) is 0 Å². The molecule has 1 fully saturated rings. The van der Waals surface area contributed by atoms with Gasteiger partial charge >= 0.3 is 0 Å². The molecule has 3 nitrogen and oxygen atoms in total. The SMILES string of the molecule is O=C1NCCCCC1NCc1c(Cl)cccc1Cl. The molecule has 5 heteroatoms. The molecule has 98 valence electrons. The third kappa shape index (κ3) is 3.37. The van der Waals surface area contributed by atoms with Gasteiger partial charge in [-0.3, -0.25) is 4.79 Å². The Kier molecular flexibility index (Phi) is 4.87. The molecule has 0 aliphatic carbocycles. The topological polar surface area (TPSA) is 41.1 Å². The molecule has 1 heterocycles. The lowest BCUT2D eigenvalue weighted by Crippen LogP contribution is -2.42. The van der Waals surface area contributed by atoms with Crippen LogP contribution in [0.5, 0.6) is 0 Å². The Balaban J connectivity index is 2.00. The van der Waals surface area contributed by atoms with Crippen LogP contribution < -0.4 is 10.6 Å². The van der Waals surface area contributed by atoms with Crippen LogP contribution in [0.25, 0.3) is 0 Å². The molecule has 0 spiro atoms. The van der Waals surface area contributed by atoms with Gasteiger partial charge in [0.25, 0.3) is 0 Å². The molecule has 1 aromatic rings. The molecule has 1 aliphatic rings.